The number of carbonyl (C=O) groups is 1. The summed E-state index contributed by atoms with van der Waals surface area (Å²) in [5.74, 6) is -0.270. The van der Waals surface area contributed by atoms with E-state index in [1.165, 1.54) is 17.7 Å². The molecule has 1 N–H and O–H groups in total. The number of nitrogens with zero attached hydrogens (tertiary/aromatic N) is 2. The largest absolute Gasteiger partial charge is 0.339 e. The zero-order valence-corrected chi connectivity index (χ0v) is 23.3. The summed E-state index contributed by atoms with van der Waals surface area (Å²) in [5.41, 5.74) is 2.04. The van der Waals surface area contributed by atoms with E-state index in [1.807, 2.05) is 42.5 Å². The highest BCUT2D eigenvalue weighted by Gasteiger charge is 2.33. The van der Waals surface area contributed by atoms with Crippen molar-refractivity contribution in [1.29, 1.82) is 0 Å². The van der Waals surface area contributed by atoms with Crippen molar-refractivity contribution in [3.8, 4) is 0 Å². The second kappa shape index (κ2) is 12.1. The average molecular weight is 611 g/mol. The van der Waals surface area contributed by atoms with Gasteiger partial charge in [0.2, 0.25) is 15.9 Å². The van der Waals surface area contributed by atoms with Crippen LogP contribution in [-0.2, 0) is 27.8 Å². The SMILES string of the molecule is O=C(C(Cc1ccccc1)NS(=O)(=O)c1c(Cl)cccc1Cl)N1CCN(Cc2ccc(Br)cc2)CC1. The molecule has 1 saturated heterocycles. The predicted octanol–water partition coefficient (Wildman–Crippen LogP) is 4.99. The Bertz CT molecular complexity index is 1280. The second-order valence-corrected chi connectivity index (χ2v) is 12.0. The van der Waals surface area contributed by atoms with E-state index in [0.29, 0.717) is 26.2 Å². The van der Waals surface area contributed by atoms with Crippen LogP contribution in [0, 0.1) is 0 Å². The summed E-state index contributed by atoms with van der Waals surface area (Å²) in [4.78, 5) is 17.4. The van der Waals surface area contributed by atoms with Crippen molar-refractivity contribution in [3.05, 3.63) is 98.4 Å². The number of benzene rings is 3. The van der Waals surface area contributed by atoms with Gasteiger partial charge in [0.25, 0.3) is 0 Å². The number of hydrogen-bond acceptors (Lipinski definition) is 4. The Labute approximate surface area is 230 Å². The molecular weight excluding hydrogens is 585 g/mol. The molecule has 1 unspecified atom stereocenters. The number of nitrogens with one attached hydrogen (secondary N) is 1. The van der Waals surface area contributed by atoms with Gasteiger partial charge in [0.15, 0.2) is 0 Å². The number of piperazine rings is 1. The minimum absolute atomic E-state index is 0.00228. The van der Waals surface area contributed by atoms with Crippen LogP contribution in [0.3, 0.4) is 0 Å². The molecule has 0 spiro atoms. The molecule has 0 saturated carbocycles. The van der Waals surface area contributed by atoms with E-state index >= 15 is 0 Å². The molecule has 36 heavy (non-hydrogen) atoms. The van der Waals surface area contributed by atoms with Crippen molar-refractivity contribution >= 4 is 55.1 Å². The number of rotatable bonds is 8. The molecule has 6 nitrogen and oxygen atoms in total. The standard InChI is InChI=1S/C26H26BrCl2N3O3S/c27-21-11-9-20(10-12-21)18-31-13-15-32(16-14-31)26(33)24(17-19-5-2-1-3-6-19)30-36(34,35)25-22(28)7-4-8-23(25)29/h1-12,24,30H,13-18H2. The Balaban J connectivity index is 1.49. The first-order valence-electron chi connectivity index (χ1n) is 11.5. The van der Waals surface area contributed by atoms with Crippen LogP contribution in [0.25, 0.3) is 0 Å². The molecule has 1 atom stereocenters. The fourth-order valence-electron chi connectivity index (χ4n) is 4.21. The molecule has 190 valence electrons. The summed E-state index contributed by atoms with van der Waals surface area (Å²) >= 11 is 15.8. The van der Waals surface area contributed by atoms with E-state index in [-0.39, 0.29) is 27.3 Å². The van der Waals surface area contributed by atoms with Crippen LogP contribution in [0.5, 0.6) is 0 Å². The van der Waals surface area contributed by atoms with Gasteiger partial charge in [0.05, 0.1) is 10.0 Å². The smallest absolute Gasteiger partial charge is 0.244 e. The van der Waals surface area contributed by atoms with Crippen LogP contribution >= 0.6 is 39.1 Å². The first-order valence-corrected chi connectivity index (χ1v) is 14.5. The number of hydrogen-bond donors (Lipinski definition) is 1. The second-order valence-electron chi connectivity index (χ2n) is 8.64. The molecule has 4 rings (SSSR count). The van der Waals surface area contributed by atoms with Gasteiger partial charge in [-0.15, -0.1) is 0 Å². The number of amides is 1. The van der Waals surface area contributed by atoms with Crippen molar-refractivity contribution in [2.75, 3.05) is 26.2 Å². The van der Waals surface area contributed by atoms with E-state index in [1.54, 1.807) is 11.0 Å². The van der Waals surface area contributed by atoms with E-state index in [2.05, 4.69) is 37.7 Å². The number of carbonyl (C=O) groups excluding carboxylic acids is 1. The van der Waals surface area contributed by atoms with E-state index in [0.717, 1.165) is 16.6 Å². The maximum Gasteiger partial charge on any atom is 0.244 e. The Morgan fingerprint density at radius 2 is 1.47 bits per heavy atom. The van der Waals surface area contributed by atoms with Crippen LogP contribution in [0.15, 0.2) is 82.2 Å². The number of halogens is 3. The van der Waals surface area contributed by atoms with Crippen LogP contribution in [-0.4, -0.2) is 56.3 Å². The third-order valence-corrected chi connectivity index (χ3v) is 9.02. The molecule has 0 bridgehead atoms. The molecule has 3 aromatic carbocycles. The molecule has 1 fully saturated rings. The first-order chi connectivity index (χ1) is 17.2. The Hall–Kier alpha value is -1.94. The fraction of sp³-hybridized carbons (Fsp3) is 0.269. The molecule has 0 radical (unpaired) electrons. The zero-order chi connectivity index (χ0) is 25.7. The quantitative estimate of drug-likeness (QED) is 0.390. The summed E-state index contributed by atoms with van der Waals surface area (Å²) in [6.45, 7) is 3.21. The van der Waals surface area contributed by atoms with Crippen molar-refractivity contribution in [3.63, 3.8) is 0 Å². The molecule has 1 aliphatic rings. The van der Waals surface area contributed by atoms with Crippen LogP contribution < -0.4 is 4.72 Å². The van der Waals surface area contributed by atoms with Crippen LogP contribution in [0.2, 0.25) is 10.0 Å². The highest BCUT2D eigenvalue weighted by atomic mass is 79.9. The van der Waals surface area contributed by atoms with Gasteiger partial charge in [-0.05, 0) is 41.8 Å². The number of sulfonamides is 1. The van der Waals surface area contributed by atoms with Gasteiger partial charge in [0, 0.05) is 37.2 Å². The van der Waals surface area contributed by atoms with E-state index in [9.17, 15) is 13.2 Å². The maximum absolute atomic E-state index is 13.6. The van der Waals surface area contributed by atoms with Crippen LogP contribution in [0.4, 0.5) is 0 Å². The first kappa shape index (κ1) is 27.1. The minimum atomic E-state index is -4.16. The Morgan fingerprint density at radius 3 is 2.08 bits per heavy atom. The lowest BCUT2D eigenvalue weighted by Gasteiger charge is -2.36. The average Bonchev–Trinajstić information content (AvgIpc) is 2.85. The fourth-order valence-corrected chi connectivity index (χ4v) is 6.81. The predicted molar refractivity (Wildman–Crippen MR) is 147 cm³/mol. The summed E-state index contributed by atoms with van der Waals surface area (Å²) in [7, 11) is -4.16. The van der Waals surface area contributed by atoms with Crippen LogP contribution in [0.1, 0.15) is 11.1 Å². The molecule has 1 aliphatic heterocycles. The van der Waals surface area contributed by atoms with Gasteiger partial charge < -0.3 is 4.90 Å². The summed E-state index contributed by atoms with van der Waals surface area (Å²) in [6.07, 6.45) is 0.208. The lowest BCUT2D eigenvalue weighted by atomic mass is 10.1. The Kier molecular flexibility index (Phi) is 9.09. The molecule has 3 aromatic rings. The Morgan fingerprint density at radius 1 is 0.861 bits per heavy atom. The third kappa shape index (κ3) is 6.88. The van der Waals surface area contributed by atoms with Gasteiger partial charge in [-0.1, -0.05) is 87.7 Å². The molecule has 1 heterocycles. The molecule has 1 amide bonds. The minimum Gasteiger partial charge on any atom is -0.339 e. The molecule has 0 aromatic heterocycles. The topological polar surface area (TPSA) is 69.7 Å². The van der Waals surface area contributed by atoms with Crippen molar-refractivity contribution in [2.45, 2.75) is 23.9 Å². The normalized spacial score (nSPS) is 15.6. The summed E-state index contributed by atoms with van der Waals surface area (Å²) in [6, 6.07) is 21.0. The maximum atomic E-state index is 13.6. The van der Waals surface area contributed by atoms with Crippen molar-refractivity contribution in [2.24, 2.45) is 0 Å². The zero-order valence-electron chi connectivity index (χ0n) is 19.4. The summed E-state index contributed by atoms with van der Waals surface area (Å²) in [5, 5.41) is 0.00457. The van der Waals surface area contributed by atoms with Gasteiger partial charge in [-0.2, -0.15) is 4.72 Å². The van der Waals surface area contributed by atoms with Gasteiger partial charge in [0.1, 0.15) is 10.9 Å². The highest BCUT2D eigenvalue weighted by molar-refractivity contribution is 9.10. The monoisotopic (exact) mass is 609 g/mol. The summed E-state index contributed by atoms with van der Waals surface area (Å²) < 4.78 is 30.2. The van der Waals surface area contributed by atoms with E-state index < -0.39 is 16.1 Å². The van der Waals surface area contributed by atoms with Crippen molar-refractivity contribution < 1.29 is 13.2 Å². The van der Waals surface area contributed by atoms with Crippen molar-refractivity contribution in [1.82, 2.24) is 14.5 Å². The van der Waals surface area contributed by atoms with Gasteiger partial charge >= 0.3 is 0 Å². The molecule has 0 aliphatic carbocycles. The van der Waals surface area contributed by atoms with Gasteiger partial charge in [-0.25, -0.2) is 8.42 Å². The lowest BCUT2D eigenvalue weighted by Crippen LogP contribution is -2.55. The van der Waals surface area contributed by atoms with Gasteiger partial charge in [-0.3, -0.25) is 9.69 Å². The highest BCUT2D eigenvalue weighted by Crippen LogP contribution is 2.29. The third-order valence-electron chi connectivity index (χ3n) is 6.07. The molecular formula is C26H26BrCl2N3O3S. The van der Waals surface area contributed by atoms with E-state index in [4.69, 9.17) is 23.2 Å². The lowest BCUT2D eigenvalue weighted by molar-refractivity contribution is -0.134. The molecule has 10 heteroatoms.